The van der Waals surface area contributed by atoms with Crippen molar-refractivity contribution in [2.24, 2.45) is 5.84 Å². The maximum Gasteiger partial charge on any atom is 0.318 e. The number of anilines is 1. The Hall–Kier alpha value is -0.860. The van der Waals surface area contributed by atoms with E-state index < -0.39 is 5.09 Å². The molecule has 0 saturated carbocycles. The highest BCUT2D eigenvalue weighted by Crippen LogP contribution is 2.31. The van der Waals surface area contributed by atoms with Crippen LogP contribution in [0, 0.1) is 10.1 Å². The van der Waals surface area contributed by atoms with Crippen LogP contribution in [-0.2, 0) is 4.94 Å². The summed E-state index contributed by atoms with van der Waals surface area (Å²) in [6.45, 7) is 0. The molecule has 0 aliphatic rings. The molecule has 0 atom stereocenters. The standard InChI is InChI=1S/C6H5Br2N3O3/c7-4-2-1-3-5(6(4)8)10(9)14-11(12)13/h1-3H,9H2. The molecule has 76 valence electrons. The summed E-state index contributed by atoms with van der Waals surface area (Å²) >= 11 is 6.43. The average Bonchev–Trinajstić information content (AvgIpc) is 2.08. The van der Waals surface area contributed by atoms with Crippen LogP contribution in [0.5, 0.6) is 0 Å². The molecule has 0 spiro atoms. The van der Waals surface area contributed by atoms with Crippen molar-refractivity contribution < 1.29 is 10.0 Å². The predicted octanol–water partition coefficient (Wildman–Crippen LogP) is 2.02. The number of rotatable bonds is 3. The zero-order chi connectivity index (χ0) is 10.7. The normalized spacial score (nSPS) is 9.64. The lowest BCUT2D eigenvalue weighted by atomic mass is 10.3. The van der Waals surface area contributed by atoms with Gasteiger partial charge in [0.15, 0.2) is 0 Å². The summed E-state index contributed by atoms with van der Waals surface area (Å²) in [5.41, 5.74) is 0.344. The van der Waals surface area contributed by atoms with E-state index in [9.17, 15) is 10.1 Å². The highest BCUT2D eigenvalue weighted by atomic mass is 79.9. The van der Waals surface area contributed by atoms with Gasteiger partial charge in [0.05, 0.1) is 10.2 Å². The van der Waals surface area contributed by atoms with Gasteiger partial charge in [-0.25, -0.2) is 5.84 Å². The van der Waals surface area contributed by atoms with Crippen LogP contribution in [-0.4, -0.2) is 5.09 Å². The van der Waals surface area contributed by atoms with Gasteiger partial charge < -0.3 is 0 Å². The Morgan fingerprint density at radius 1 is 1.50 bits per heavy atom. The molecule has 1 rings (SSSR count). The number of nitrogens with two attached hydrogens (primary N) is 1. The number of nitrogens with zero attached hydrogens (tertiary/aromatic N) is 2. The van der Waals surface area contributed by atoms with Gasteiger partial charge in [-0.15, -0.1) is 15.3 Å². The molecular formula is C6H5Br2N3O3. The molecule has 0 bridgehead atoms. The smallest absolute Gasteiger partial charge is 0.223 e. The summed E-state index contributed by atoms with van der Waals surface area (Å²) in [6, 6.07) is 5.00. The highest BCUT2D eigenvalue weighted by Gasteiger charge is 2.11. The molecule has 0 radical (unpaired) electrons. The van der Waals surface area contributed by atoms with E-state index in [1.807, 2.05) is 0 Å². The zero-order valence-electron chi connectivity index (χ0n) is 6.68. The second-order valence-corrected chi connectivity index (χ2v) is 3.85. The van der Waals surface area contributed by atoms with E-state index in [0.717, 1.165) is 4.47 Å². The highest BCUT2D eigenvalue weighted by molar-refractivity contribution is 9.13. The molecule has 6 nitrogen and oxygen atoms in total. The van der Waals surface area contributed by atoms with Crippen molar-refractivity contribution in [1.29, 1.82) is 0 Å². The Kier molecular flexibility index (Phi) is 3.67. The Bertz CT molecular complexity index is 360. The molecule has 0 amide bonds. The molecule has 2 N–H and O–H groups in total. The lowest BCUT2D eigenvalue weighted by molar-refractivity contribution is -0.762. The topological polar surface area (TPSA) is 81.6 Å². The fourth-order valence-corrected chi connectivity index (χ4v) is 1.57. The van der Waals surface area contributed by atoms with Gasteiger partial charge in [0.25, 0.3) is 0 Å². The van der Waals surface area contributed by atoms with Crippen LogP contribution in [0.15, 0.2) is 27.1 Å². The van der Waals surface area contributed by atoms with E-state index >= 15 is 0 Å². The Morgan fingerprint density at radius 3 is 2.71 bits per heavy atom. The minimum Gasteiger partial charge on any atom is -0.223 e. The summed E-state index contributed by atoms with van der Waals surface area (Å²) in [6.07, 6.45) is 0. The van der Waals surface area contributed by atoms with Crippen LogP contribution in [0.25, 0.3) is 0 Å². The van der Waals surface area contributed by atoms with E-state index in [-0.39, 0.29) is 0 Å². The van der Waals surface area contributed by atoms with Crippen molar-refractivity contribution in [3.05, 3.63) is 37.3 Å². The van der Waals surface area contributed by atoms with Gasteiger partial charge in [-0.2, -0.15) is 4.94 Å². The van der Waals surface area contributed by atoms with Crippen LogP contribution in [0.3, 0.4) is 0 Å². The molecule has 14 heavy (non-hydrogen) atoms. The molecule has 0 unspecified atom stereocenters. The van der Waals surface area contributed by atoms with Gasteiger partial charge in [-0.05, 0) is 44.0 Å². The number of hydrogen-bond donors (Lipinski definition) is 1. The van der Waals surface area contributed by atoms with Crippen molar-refractivity contribution in [3.63, 3.8) is 0 Å². The number of benzene rings is 1. The van der Waals surface area contributed by atoms with Crippen molar-refractivity contribution >= 4 is 37.5 Å². The molecule has 1 aromatic carbocycles. The molecule has 0 heterocycles. The third kappa shape index (κ3) is 2.56. The number of hydrazine groups is 1. The molecule has 8 heteroatoms. The van der Waals surface area contributed by atoms with E-state index in [4.69, 9.17) is 5.84 Å². The Balaban J connectivity index is 2.95. The van der Waals surface area contributed by atoms with Crippen molar-refractivity contribution in [2.45, 2.75) is 0 Å². The molecule has 0 aliphatic heterocycles. The fourth-order valence-electron chi connectivity index (χ4n) is 0.778. The fraction of sp³-hybridized carbons (Fsp3) is 0. The molecule has 0 saturated heterocycles. The first kappa shape index (κ1) is 11.2. The average molecular weight is 327 g/mol. The van der Waals surface area contributed by atoms with E-state index in [2.05, 4.69) is 36.8 Å². The van der Waals surface area contributed by atoms with Crippen LogP contribution in [0.1, 0.15) is 0 Å². The minimum atomic E-state index is -0.993. The zero-order valence-corrected chi connectivity index (χ0v) is 9.86. The maximum atomic E-state index is 10.0. The number of halogens is 2. The van der Waals surface area contributed by atoms with Gasteiger partial charge in [0, 0.05) is 4.47 Å². The summed E-state index contributed by atoms with van der Waals surface area (Å²) < 4.78 is 1.29. The summed E-state index contributed by atoms with van der Waals surface area (Å²) in [5, 5.41) is 9.59. The second-order valence-electron chi connectivity index (χ2n) is 2.20. The Morgan fingerprint density at radius 2 is 2.14 bits per heavy atom. The first-order valence-corrected chi connectivity index (χ1v) is 4.92. The van der Waals surface area contributed by atoms with Crippen LogP contribution in [0.4, 0.5) is 5.69 Å². The molecule has 0 aromatic heterocycles. The SMILES string of the molecule is NN(O[N+](=O)[O-])c1cccc(Br)c1Br. The number of hydrogen-bond acceptors (Lipinski definition) is 5. The van der Waals surface area contributed by atoms with Gasteiger partial charge in [-0.3, -0.25) is 0 Å². The minimum absolute atomic E-state index is 0.344. The van der Waals surface area contributed by atoms with Crippen LogP contribution >= 0.6 is 31.9 Å². The van der Waals surface area contributed by atoms with E-state index in [1.165, 1.54) is 0 Å². The van der Waals surface area contributed by atoms with Gasteiger partial charge >= 0.3 is 5.09 Å². The van der Waals surface area contributed by atoms with Crippen molar-refractivity contribution in [3.8, 4) is 0 Å². The summed E-state index contributed by atoms with van der Waals surface area (Å²) in [5.74, 6) is 5.28. The Labute approximate surface area is 95.9 Å². The molecule has 0 fully saturated rings. The first-order chi connectivity index (χ1) is 6.52. The molecule has 0 aliphatic carbocycles. The molecule has 1 aromatic rings. The van der Waals surface area contributed by atoms with E-state index in [1.54, 1.807) is 18.2 Å². The largest absolute Gasteiger partial charge is 0.318 e. The maximum absolute atomic E-state index is 10.0. The van der Waals surface area contributed by atoms with Gasteiger partial charge in [-0.1, -0.05) is 6.07 Å². The monoisotopic (exact) mass is 325 g/mol. The first-order valence-electron chi connectivity index (χ1n) is 3.33. The third-order valence-corrected chi connectivity index (χ3v) is 3.35. The predicted molar refractivity (Wildman–Crippen MR) is 56.6 cm³/mol. The van der Waals surface area contributed by atoms with Gasteiger partial charge in [0.2, 0.25) is 0 Å². The van der Waals surface area contributed by atoms with Crippen LogP contribution in [0.2, 0.25) is 0 Å². The lowest BCUT2D eigenvalue weighted by Gasteiger charge is -2.15. The third-order valence-electron chi connectivity index (χ3n) is 1.32. The summed E-state index contributed by atoms with van der Waals surface area (Å²) in [7, 11) is 0. The van der Waals surface area contributed by atoms with Crippen LogP contribution < -0.4 is 11.0 Å². The molecular weight excluding hydrogens is 322 g/mol. The van der Waals surface area contributed by atoms with Crippen molar-refractivity contribution in [2.75, 3.05) is 5.17 Å². The van der Waals surface area contributed by atoms with Gasteiger partial charge in [0.1, 0.15) is 0 Å². The lowest BCUT2D eigenvalue weighted by Crippen LogP contribution is -2.33. The van der Waals surface area contributed by atoms with Crippen molar-refractivity contribution in [1.82, 2.24) is 0 Å². The van der Waals surface area contributed by atoms with E-state index in [0.29, 0.717) is 15.3 Å². The second kappa shape index (κ2) is 4.58. The summed E-state index contributed by atoms with van der Waals surface area (Å²) in [4.78, 5) is 14.1. The quantitative estimate of drug-likeness (QED) is 0.522.